The van der Waals surface area contributed by atoms with Crippen LogP contribution in [0.25, 0.3) is 0 Å². The van der Waals surface area contributed by atoms with E-state index in [0.717, 1.165) is 11.3 Å². The minimum Gasteiger partial charge on any atom is -0.378 e. The molecule has 0 spiro atoms. The maximum absolute atomic E-state index is 12.1. The highest BCUT2D eigenvalue weighted by Crippen LogP contribution is 2.15. The van der Waals surface area contributed by atoms with E-state index in [2.05, 4.69) is 15.9 Å². The molecule has 3 nitrogen and oxygen atoms in total. The van der Waals surface area contributed by atoms with Crippen LogP contribution in [0.1, 0.15) is 17.3 Å². The predicted octanol–water partition coefficient (Wildman–Crippen LogP) is 2.61. The number of hydrogen-bond donors (Lipinski definition) is 0. The molecule has 0 N–H and O–H groups in total. The Bertz CT molecular complexity index is 391. The predicted molar refractivity (Wildman–Crippen MR) is 76.1 cm³/mol. The Morgan fingerprint density at radius 1 is 1.35 bits per heavy atom. The Morgan fingerprint density at radius 3 is 2.53 bits per heavy atom. The molecule has 0 fully saturated rings. The molecule has 0 aliphatic heterocycles. The fraction of sp³-hybridized carbons (Fsp3) is 0.462. The summed E-state index contributed by atoms with van der Waals surface area (Å²) in [6.07, 6.45) is 0. The van der Waals surface area contributed by atoms with E-state index in [1.54, 1.807) is 4.90 Å². The van der Waals surface area contributed by atoms with Crippen molar-refractivity contribution >= 4 is 27.5 Å². The average molecular weight is 299 g/mol. The largest absolute Gasteiger partial charge is 0.378 e. The van der Waals surface area contributed by atoms with Crippen LogP contribution in [-0.4, -0.2) is 43.3 Å². The van der Waals surface area contributed by atoms with Crippen molar-refractivity contribution in [2.24, 2.45) is 0 Å². The maximum Gasteiger partial charge on any atom is 0.253 e. The minimum atomic E-state index is 0.0556. The molecule has 1 atom stereocenters. The molecule has 94 valence electrons. The first-order valence-corrected chi connectivity index (χ1v) is 6.50. The standard InChI is InChI=1S/C13H19BrN2O/c1-10(14)9-16(4)13(17)11-6-5-7-12(8-11)15(2)3/h5-8,10H,9H2,1-4H3. The molecule has 1 aromatic rings. The lowest BCUT2D eigenvalue weighted by molar-refractivity contribution is 0.0797. The molecule has 1 unspecified atom stereocenters. The van der Waals surface area contributed by atoms with Gasteiger partial charge in [-0.25, -0.2) is 0 Å². The fourth-order valence-electron chi connectivity index (χ4n) is 1.60. The molecule has 0 heterocycles. The zero-order valence-electron chi connectivity index (χ0n) is 10.8. The van der Waals surface area contributed by atoms with E-state index >= 15 is 0 Å². The van der Waals surface area contributed by atoms with Gasteiger partial charge in [-0.1, -0.05) is 28.9 Å². The molecule has 17 heavy (non-hydrogen) atoms. The van der Waals surface area contributed by atoms with E-state index in [0.29, 0.717) is 11.4 Å². The van der Waals surface area contributed by atoms with Gasteiger partial charge in [0.1, 0.15) is 0 Å². The molecule has 0 bridgehead atoms. The molecule has 0 aliphatic rings. The summed E-state index contributed by atoms with van der Waals surface area (Å²) in [5.41, 5.74) is 1.77. The SMILES string of the molecule is CC(Br)CN(C)C(=O)c1cccc(N(C)C)c1. The van der Waals surface area contributed by atoms with Crippen molar-refractivity contribution in [2.75, 3.05) is 32.6 Å². The fourth-order valence-corrected chi connectivity index (χ4v) is 2.03. The molecule has 1 aromatic carbocycles. The van der Waals surface area contributed by atoms with Crippen molar-refractivity contribution in [3.8, 4) is 0 Å². The van der Waals surface area contributed by atoms with Crippen LogP contribution in [0.2, 0.25) is 0 Å². The van der Waals surface area contributed by atoms with E-state index in [1.807, 2.05) is 57.2 Å². The number of carbonyl (C=O) groups is 1. The Kier molecular flexibility index (Phi) is 5.00. The van der Waals surface area contributed by atoms with Crippen molar-refractivity contribution in [1.82, 2.24) is 4.90 Å². The van der Waals surface area contributed by atoms with E-state index in [9.17, 15) is 4.79 Å². The molecule has 1 amide bonds. The number of alkyl halides is 1. The molecule has 4 heteroatoms. The van der Waals surface area contributed by atoms with Crippen LogP contribution >= 0.6 is 15.9 Å². The Labute approximate surface area is 112 Å². The second kappa shape index (κ2) is 6.05. The van der Waals surface area contributed by atoms with E-state index < -0.39 is 0 Å². The third-order valence-electron chi connectivity index (χ3n) is 2.48. The van der Waals surface area contributed by atoms with Crippen LogP contribution in [-0.2, 0) is 0 Å². The number of hydrogen-bond acceptors (Lipinski definition) is 2. The smallest absolute Gasteiger partial charge is 0.253 e. The zero-order chi connectivity index (χ0) is 13.0. The summed E-state index contributed by atoms with van der Waals surface area (Å²) >= 11 is 3.45. The topological polar surface area (TPSA) is 23.6 Å². The number of benzene rings is 1. The maximum atomic E-state index is 12.1. The molecule has 0 saturated carbocycles. The van der Waals surface area contributed by atoms with Crippen molar-refractivity contribution < 1.29 is 4.79 Å². The van der Waals surface area contributed by atoms with Gasteiger partial charge in [0.2, 0.25) is 0 Å². The van der Waals surface area contributed by atoms with Crippen molar-refractivity contribution in [3.63, 3.8) is 0 Å². The molecule has 0 radical (unpaired) electrons. The van der Waals surface area contributed by atoms with Gasteiger partial charge in [0.05, 0.1) is 0 Å². The molecule has 0 aliphatic carbocycles. The lowest BCUT2D eigenvalue weighted by Crippen LogP contribution is -2.31. The summed E-state index contributed by atoms with van der Waals surface area (Å²) in [5.74, 6) is 0.0556. The van der Waals surface area contributed by atoms with E-state index in [-0.39, 0.29) is 5.91 Å². The van der Waals surface area contributed by atoms with Crippen LogP contribution < -0.4 is 4.90 Å². The summed E-state index contributed by atoms with van der Waals surface area (Å²) in [6, 6.07) is 7.67. The second-order valence-electron chi connectivity index (χ2n) is 4.41. The van der Waals surface area contributed by atoms with Gasteiger partial charge in [-0.3, -0.25) is 4.79 Å². The molecule has 1 rings (SSSR count). The highest BCUT2D eigenvalue weighted by atomic mass is 79.9. The number of halogens is 1. The quantitative estimate of drug-likeness (QED) is 0.798. The van der Waals surface area contributed by atoms with E-state index in [4.69, 9.17) is 0 Å². The first-order valence-electron chi connectivity index (χ1n) is 5.58. The van der Waals surface area contributed by atoms with Gasteiger partial charge in [0, 0.05) is 43.8 Å². The van der Waals surface area contributed by atoms with Crippen LogP contribution in [0.15, 0.2) is 24.3 Å². The summed E-state index contributed by atoms with van der Waals surface area (Å²) < 4.78 is 0. The number of amides is 1. The van der Waals surface area contributed by atoms with Crippen LogP contribution in [0.4, 0.5) is 5.69 Å². The summed E-state index contributed by atoms with van der Waals surface area (Å²) in [6.45, 7) is 2.73. The third kappa shape index (κ3) is 4.04. The third-order valence-corrected chi connectivity index (χ3v) is 2.77. The van der Waals surface area contributed by atoms with Crippen molar-refractivity contribution in [3.05, 3.63) is 29.8 Å². The Balaban J connectivity index is 2.85. The van der Waals surface area contributed by atoms with Crippen molar-refractivity contribution in [1.29, 1.82) is 0 Å². The first-order chi connectivity index (χ1) is 7.91. The van der Waals surface area contributed by atoms with E-state index in [1.165, 1.54) is 0 Å². The second-order valence-corrected chi connectivity index (χ2v) is 5.97. The average Bonchev–Trinajstić information content (AvgIpc) is 2.27. The molecule has 0 saturated heterocycles. The van der Waals surface area contributed by atoms with Gasteiger partial charge in [0.15, 0.2) is 0 Å². The highest BCUT2D eigenvalue weighted by Gasteiger charge is 2.13. The molecule has 0 aromatic heterocycles. The number of nitrogens with zero attached hydrogens (tertiary/aromatic N) is 2. The molecular formula is C13H19BrN2O. The first kappa shape index (κ1) is 14.0. The van der Waals surface area contributed by atoms with Gasteiger partial charge in [0.25, 0.3) is 5.91 Å². The van der Waals surface area contributed by atoms with Crippen molar-refractivity contribution in [2.45, 2.75) is 11.8 Å². The summed E-state index contributed by atoms with van der Waals surface area (Å²) in [5, 5.41) is 0. The van der Waals surface area contributed by atoms with Gasteiger partial charge < -0.3 is 9.80 Å². The number of anilines is 1. The Hall–Kier alpha value is -1.03. The normalized spacial score (nSPS) is 12.1. The van der Waals surface area contributed by atoms with Gasteiger partial charge in [-0.15, -0.1) is 0 Å². The van der Waals surface area contributed by atoms with Gasteiger partial charge >= 0.3 is 0 Å². The molecular weight excluding hydrogens is 280 g/mol. The van der Waals surface area contributed by atoms with Crippen LogP contribution in [0, 0.1) is 0 Å². The van der Waals surface area contributed by atoms with Crippen LogP contribution in [0.5, 0.6) is 0 Å². The lowest BCUT2D eigenvalue weighted by Gasteiger charge is -2.20. The number of rotatable bonds is 4. The minimum absolute atomic E-state index is 0.0556. The monoisotopic (exact) mass is 298 g/mol. The Morgan fingerprint density at radius 2 is 2.00 bits per heavy atom. The zero-order valence-corrected chi connectivity index (χ0v) is 12.4. The van der Waals surface area contributed by atoms with Gasteiger partial charge in [-0.2, -0.15) is 0 Å². The summed E-state index contributed by atoms with van der Waals surface area (Å²) in [4.78, 5) is 16.2. The van der Waals surface area contributed by atoms with Gasteiger partial charge in [-0.05, 0) is 18.2 Å². The summed E-state index contributed by atoms with van der Waals surface area (Å²) in [7, 11) is 5.75. The number of carbonyl (C=O) groups excluding carboxylic acids is 1. The van der Waals surface area contributed by atoms with Crippen LogP contribution in [0.3, 0.4) is 0 Å². The lowest BCUT2D eigenvalue weighted by atomic mass is 10.1. The highest BCUT2D eigenvalue weighted by molar-refractivity contribution is 9.09.